The predicted octanol–water partition coefficient (Wildman–Crippen LogP) is 2.51. The molecular weight excluding hydrogens is 408 g/mol. The Morgan fingerprint density at radius 2 is 1.89 bits per heavy atom. The zero-order chi connectivity index (χ0) is 21.1. The van der Waals surface area contributed by atoms with E-state index < -0.39 is 18.0 Å². The number of hydrogen-bond acceptors (Lipinski definition) is 4. The molecule has 1 aromatic rings. The van der Waals surface area contributed by atoms with Gasteiger partial charge in [-0.15, -0.1) is 0 Å². The van der Waals surface area contributed by atoms with Crippen LogP contribution < -0.4 is 0 Å². The third-order valence-corrected chi connectivity index (χ3v) is 4.72. The van der Waals surface area contributed by atoms with Gasteiger partial charge in [0.15, 0.2) is 0 Å². The number of carbonyl (C=O) groups is 2. The lowest BCUT2D eigenvalue weighted by Crippen LogP contribution is -2.32. The maximum Gasteiger partial charge on any atom is 0.490 e. The largest absolute Gasteiger partial charge is 0.490 e. The molecule has 0 aliphatic carbocycles. The summed E-state index contributed by atoms with van der Waals surface area (Å²) >= 11 is 5.75. The molecule has 6 nitrogen and oxygen atoms in total. The van der Waals surface area contributed by atoms with E-state index in [0.29, 0.717) is 31.2 Å². The lowest BCUT2D eigenvalue weighted by atomic mass is 10.1. The molecule has 2 aliphatic heterocycles. The maximum atomic E-state index is 13.2. The van der Waals surface area contributed by atoms with Crippen molar-refractivity contribution in [1.29, 1.82) is 0 Å². The minimum Gasteiger partial charge on any atom is -0.475 e. The molecule has 2 saturated heterocycles. The Balaban J connectivity index is 0.000000345. The van der Waals surface area contributed by atoms with Gasteiger partial charge in [-0.1, -0.05) is 11.6 Å². The Morgan fingerprint density at radius 3 is 2.46 bits per heavy atom. The second kappa shape index (κ2) is 9.06. The number of aliphatic carboxylic acids is 1. The second-order valence-electron chi connectivity index (χ2n) is 6.57. The molecule has 0 unspecified atom stereocenters. The highest BCUT2D eigenvalue weighted by molar-refractivity contribution is 6.31. The van der Waals surface area contributed by atoms with Crippen LogP contribution in [0.4, 0.5) is 17.6 Å². The Kier molecular flexibility index (Phi) is 7.24. The first-order valence-corrected chi connectivity index (χ1v) is 8.71. The minimum absolute atomic E-state index is 0.0229. The summed E-state index contributed by atoms with van der Waals surface area (Å²) in [5, 5.41) is 7.10. The van der Waals surface area contributed by atoms with E-state index >= 15 is 0 Å². The summed E-state index contributed by atoms with van der Waals surface area (Å²) in [5.74, 6) is -3.05. The third kappa shape index (κ3) is 5.79. The summed E-state index contributed by atoms with van der Waals surface area (Å²) in [6.45, 7) is 3.81. The Labute approximate surface area is 163 Å². The SMILES string of the molecule is CN1CCO[C@@H]2CN(C(=O)c3ccc(F)c(Cl)c3)C[C@@H]2C1.O=C(O)C(F)(F)F. The number of nitrogens with zero attached hydrogens (tertiary/aromatic N) is 2. The molecule has 0 aromatic heterocycles. The average Bonchev–Trinajstić information content (AvgIpc) is 2.90. The van der Waals surface area contributed by atoms with Gasteiger partial charge < -0.3 is 19.6 Å². The van der Waals surface area contributed by atoms with Gasteiger partial charge in [-0.25, -0.2) is 9.18 Å². The number of benzene rings is 1. The zero-order valence-electron chi connectivity index (χ0n) is 14.9. The number of fused-ring (bicyclic) bond motifs is 1. The first-order valence-electron chi connectivity index (χ1n) is 8.33. The highest BCUT2D eigenvalue weighted by Gasteiger charge is 2.39. The molecule has 0 bridgehead atoms. The Bertz CT molecular complexity index is 732. The van der Waals surface area contributed by atoms with E-state index in [1.807, 2.05) is 0 Å². The topological polar surface area (TPSA) is 70.1 Å². The van der Waals surface area contributed by atoms with Crippen LogP contribution in [0.3, 0.4) is 0 Å². The van der Waals surface area contributed by atoms with Crippen molar-refractivity contribution in [2.75, 3.05) is 39.8 Å². The van der Waals surface area contributed by atoms with E-state index in [1.165, 1.54) is 18.2 Å². The van der Waals surface area contributed by atoms with Gasteiger partial charge in [0, 0.05) is 37.7 Å². The molecule has 2 fully saturated rings. The first kappa shape index (κ1) is 22.4. The fraction of sp³-hybridized carbons (Fsp3) is 0.529. The van der Waals surface area contributed by atoms with Gasteiger partial charge in [0.25, 0.3) is 5.91 Å². The zero-order valence-corrected chi connectivity index (χ0v) is 15.6. The van der Waals surface area contributed by atoms with Gasteiger partial charge in [0.1, 0.15) is 5.82 Å². The van der Waals surface area contributed by atoms with Crippen molar-refractivity contribution in [2.24, 2.45) is 5.92 Å². The van der Waals surface area contributed by atoms with Crippen LogP contribution in [-0.2, 0) is 9.53 Å². The first-order chi connectivity index (χ1) is 13.0. The van der Waals surface area contributed by atoms with E-state index in [4.69, 9.17) is 26.2 Å². The molecule has 156 valence electrons. The van der Waals surface area contributed by atoms with Crippen LogP contribution in [-0.4, -0.2) is 78.9 Å². The van der Waals surface area contributed by atoms with Gasteiger partial charge in [-0.05, 0) is 25.2 Å². The predicted molar refractivity (Wildman–Crippen MR) is 91.7 cm³/mol. The standard InChI is InChI=1S/C15H18ClFN2O2.C2HF3O2/c1-18-4-5-21-14-9-19(8-11(14)7-18)15(20)10-2-3-13(17)12(16)6-10;3-2(4,5)1(6)7/h2-3,6,11,14H,4-5,7-9H2,1H3;(H,6,7)/t11-,14+;/m0./s1. The molecule has 3 rings (SSSR count). The quantitative estimate of drug-likeness (QED) is 0.699. The highest BCUT2D eigenvalue weighted by Crippen LogP contribution is 2.25. The molecule has 11 heteroatoms. The van der Waals surface area contributed by atoms with Crippen molar-refractivity contribution in [3.05, 3.63) is 34.6 Å². The molecular formula is C17H19ClF4N2O4. The van der Waals surface area contributed by atoms with Crippen LogP contribution >= 0.6 is 11.6 Å². The van der Waals surface area contributed by atoms with Gasteiger partial charge >= 0.3 is 12.1 Å². The van der Waals surface area contributed by atoms with Crippen LogP contribution in [0, 0.1) is 11.7 Å². The van der Waals surface area contributed by atoms with Crippen LogP contribution in [0.2, 0.25) is 5.02 Å². The summed E-state index contributed by atoms with van der Waals surface area (Å²) in [6, 6.07) is 4.10. The van der Waals surface area contributed by atoms with Gasteiger partial charge in [0.05, 0.1) is 17.7 Å². The Hall–Kier alpha value is -1.91. The number of likely N-dealkylation sites (tertiary alicyclic amines) is 1. The lowest BCUT2D eigenvalue weighted by Gasteiger charge is -2.19. The molecule has 2 aliphatic rings. The number of carbonyl (C=O) groups excluding carboxylic acids is 1. The van der Waals surface area contributed by atoms with Crippen molar-refractivity contribution in [3.63, 3.8) is 0 Å². The number of amides is 1. The van der Waals surface area contributed by atoms with Gasteiger partial charge in [-0.2, -0.15) is 13.2 Å². The molecule has 1 N–H and O–H groups in total. The van der Waals surface area contributed by atoms with Gasteiger partial charge in [-0.3, -0.25) is 4.79 Å². The van der Waals surface area contributed by atoms with Crippen LogP contribution in [0.1, 0.15) is 10.4 Å². The number of carboxylic acid groups (broad SMARTS) is 1. The maximum absolute atomic E-state index is 13.2. The van der Waals surface area contributed by atoms with Crippen molar-refractivity contribution in [2.45, 2.75) is 12.3 Å². The normalized spacial score (nSPS) is 22.7. The fourth-order valence-corrected chi connectivity index (χ4v) is 3.22. The number of likely N-dealkylation sites (N-methyl/N-ethyl adjacent to an activating group) is 1. The summed E-state index contributed by atoms with van der Waals surface area (Å²) in [6.07, 6.45) is -4.99. The molecule has 1 amide bonds. The van der Waals surface area contributed by atoms with E-state index in [9.17, 15) is 22.4 Å². The average molecular weight is 427 g/mol. The number of halogens is 5. The summed E-state index contributed by atoms with van der Waals surface area (Å²) in [4.78, 5) is 25.4. The van der Waals surface area contributed by atoms with Crippen LogP contribution in [0.15, 0.2) is 18.2 Å². The minimum atomic E-state index is -5.08. The van der Waals surface area contributed by atoms with E-state index in [2.05, 4.69) is 11.9 Å². The van der Waals surface area contributed by atoms with Crippen molar-refractivity contribution in [3.8, 4) is 0 Å². The smallest absolute Gasteiger partial charge is 0.475 e. The van der Waals surface area contributed by atoms with Gasteiger partial charge in [0.2, 0.25) is 0 Å². The molecule has 0 saturated carbocycles. The van der Waals surface area contributed by atoms with E-state index in [-0.39, 0.29) is 17.0 Å². The van der Waals surface area contributed by atoms with E-state index in [1.54, 1.807) is 4.90 Å². The molecule has 2 heterocycles. The Morgan fingerprint density at radius 1 is 1.25 bits per heavy atom. The number of carboxylic acids is 1. The number of ether oxygens (including phenoxy) is 1. The molecule has 2 atom stereocenters. The summed E-state index contributed by atoms with van der Waals surface area (Å²) < 4.78 is 50.8. The summed E-state index contributed by atoms with van der Waals surface area (Å²) in [5.41, 5.74) is 0.422. The molecule has 0 spiro atoms. The van der Waals surface area contributed by atoms with Crippen molar-refractivity contribution in [1.82, 2.24) is 9.80 Å². The summed E-state index contributed by atoms with van der Waals surface area (Å²) in [7, 11) is 2.07. The second-order valence-corrected chi connectivity index (χ2v) is 6.98. The molecule has 0 radical (unpaired) electrons. The fourth-order valence-electron chi connectivity index (χ4n) is 3.03. The molecule has 28 heavy (non-hydrogen) atoms. The van der Waals surface area contributed by atoms with Crippen LogP contribution in [0.25, 0.3) is 0 Å². The number of alkyl halides is 3. The molecule has 1 aromatic carbocycles. The number of hydrogen-bond donors (Lipinski definition) is 1. The van der Waals surface area contributed by atoms with Crippen molar-refractivity contribution < 1.29 is 37.0 Å². The number of rotatable bonds is 1. The monoisotopic (exact) mass is 426 g/mol. The van der Waals surface area contributed by atoms with Crippen molar-refractivity contribution >= 4 is 23.5 Å². The third-order valence-electron chi connectivity index (χ3n) is 4.43. The van der Waals surface area contributed by atoms with Crippen LogP contribution in [0.5, 0.6) is 0 Å². The van der Waals surface area contributed by atoms with E-state index in [0.717, 1.165) is 13.1 Å². The lowest BCUT2D eigenvalue weighted by molar-refractivity contribution is -0.192. The highest BCUT2D eigenvalue weighted by atomic mass is 35.5.